The SMILES string of the molecule is CC(C)CN1C(=O)C2(CCN(Cc3cscn3)CC2)CC1Cc1cccc(F)c1. The Balaban J connectivity index is 1.47. The van der Waals surface area contributed by atoms with Crippen LogP contribution in [-0.2, 0) is 17.8 Å². The number of amides is 1. The second kappa shape index (κ2) is 8.52. The fourth-order valence-electron chi connectivity index (χ4n) is 4.96. The number of hydrogen-bond acceptors (Lipinski definition) is 4. The van der Waals surface area contributed by atoms with Crippen LogP contribution >= 0.6 is 11.3 Å². The lowest BCUT2D eigenvalue weighted by atomic mass is 9.75. The molecule has 1 aromatic carbocycles. The van der Waals surface area contributed by atoms with Gasteiger partial charge in [-0.1, -0.05) is 26.0 Å². The molecule has 2 fully saturated rings. The summed E-state index contributed by atoms with van der Waals surface area (Å²) in [6.45, 7) is 7.85. The minimum atomic E-state index is -0.245. The molecule has 29 heavy (non-hydrogen) atoms. The number of piperidine rings is 1. The van der Waals surface area contributed by atoms with Gasteiger partial charge in [-0.3, -0.25) is 9.69 Å². The molecular weight excluding hydrogens is 385 g/mol. The molecule has 156 valence electrons. The smallest absolute Gasteiger partial charge is 0.229 e. The lowest BCUT2D eigenvalue weighted by molar-refractivity contribution is -0.139. The topological polar surface area (TPSA) is 36.4 Å². The number of benzene rings is 1. The molecule has 1 aromatic heterocycles. The van der Waals surface area contributed by atoms with Crippen LogP contribution in [0.3, 0.4) is 0 Å². The van der Waals surface area contributed by atoms with E-state index < -0.39 is 0 Å². The largest absolute Gasteiger partial charge is 0.339 e. The van der Waals surface area contributed by atoms with Gasteiger partial charge in [-0.25, -0.2) is 9.37 Å². The van der Waals surface area contributed by atoms with Crippen molar-refractivity contribution in [3.8, 4) is 0 Å². The molecule has 1 unspecified atom stereocenters. The average Bonchev–Trinajstić information content (AvgIpc) is 3.27. The fourth-order valence-corrected chi connectivity index (χ4v) is 5.51. The van der Waals surface area contributed by atoms with Crippen LogP contribution in [0.1, 0.15) is 44.4 Å². The van der Waals surface area contributed by atoms with Crippen LogP contribution in [0, 0.1) is 17.2 Å². The summed E-state index contributed by atoms with van der Waals surface area (Å²) in [4.78, 5) is 22.4. The Labute approximate surface area is 176 Å². The van der Waals surface area contributed by atoms with Crippen LogP contribution in [-0.4, -0.2) is 46.4 Å². The maximum atomic E-state index is 13.7. The maximum Gasteiger partial charge on any atom is 0.229 e. The van der Waals surface area contributed by atoms with Crippen LogP contribution < -0.4 is 0 Å². The Morgan fingerprint density at radius 2 is 2.10 bits per heavy atom. The van der Waals surface area contributed by atoms with Gasteiger partial charge in [0.05, 0.1) is 16.6 Å². The number of thiazole rings is 1. The lowest BCUT2D eigenvalue weighted by Crippen LogP contribution is -2.45. The summed E-state index contributed by atoms with van der Waals surface area (Å²) in [5.74, 6) is 0.544. The molecule has 2 aliphatic heterocycles. The molecule has 4 nitrogen and oxygen atoms in total. The van der Waals surface area contributed by atoms with Crippen molar-refractivity contribution < 1.29 is 9.18 Å². The van der Waals surface area contributed by atoms with Gasteiger partial charge in [-0.2, -0.15) is 0 Å². The number of hydrogen-bond donors (Lipinski definition) is 0. The summed E-state index contributed by atoms with van der Waals surface area (Å²) in [6.07, 6.45) is 3.44. The van der Waals surface area contributed by atoms with Gasteiger partial charge in [0.15, 0.2) is 0 Å². The van der Waals surface area contributed by atoms with Crippen LogP contribution in [0.15, 0.2) is 35.2 Å². The quantitative estimate of drug-likeness (QED) is 0.703. The first-order chi connectivity index (χ1) is 13.9. The third kappa shape index (κ3) is 4.53. The Kier molecular flexibility index (Phi) is 6.02. The van der Waals surface area contributed by atoms with E-state index in [1.54, 1.807) is 23.5 Å². The molecule has 1 amide bonds. The van der Waals surface area contributed by atoms with Crippen molar-refractivity contribution in [1.82, 2.24) is 14.8 Å². The third-order valence-electron chi connectivity index (χ3n) is 6.39. The minimum absolute atomic E-state index is 0.164. The first-order valence-corrected chi connectivity index (χ1v) is 11.5. The zero-order chi connectivity index (χ0) is 20.4. The third-order valence-corrected chi connectivity index (χ3v) is 7.02. The summed E-state index contributed by atoms with van der Waals surface area (Å²) in [7, 11) is 0. The monoisotopic (exact) mass is 415 g/mol. The van der Waals surface area contributed by atoms with Crippen molar-refractivity contribution in [3.05, 3.63) is 52.2 Å². The second-order valence-corrected chi connectivity index (χ2v) is 9.80. The van der Waals surface area contributed by atoms with E-state index in [-0.39, 0.29) is 17.3 Å². The zero-order valence-corrected chi connectivity index (χ0v) is 18.1. The number of carbonyl (C=O) groups excluding carboxylic acids is 1. The second-order valence-electron chi connectivity index (χ2n) is 9.08. The molecule has 1 atom stereocenters. The summed E-state index contributed by atoms with van der Waals surface area (Å²) >= 11 is 1.63. The highest BCUT2D eigenvalue weighted by molar-refractivity contribution is 7.07. The summed E-state index contributed by atoms with van der Waals surface area (Å²) in [5, 5.41) is 2.10. The molecule has 1 spiro atoms. The lowest BCUT2D eigenvalue weighted by Gasteiger charge is -2.37. The number of likely N-dealkylation sites (tertiary alicyclic amines) is 2. The van der Waals surface area contributed by atoms with Gasteiger partial charge in [-0.15, -0.1) is 11.3 Å². The molecule has 2 saturated heterocycles. The van der Waals surface area contributed by atoms with E-state index in [0.717, 1.165) is 63.1 Å². The number of nitrogens with zero attached hydrogens (tertiary/aromatic N) is 3. The van der Waals surface area contributed by atoms with Crippen molar-refractivity contribution in [2.45, 2.75) is 52.1 Å². The summed E-state index contributed by atoms with van der Waals surface area (Å²) in [6, 6.07) is 6.99. The molecule has 2 aliphatic rings. The van der Waals surface area contributed by atoms with Crippen LogP contribution in [0.2, 0.25) is 0 Å². The van der Waals surface area contributed by atoms with E-state index in [1.807, 2.05) is 11.6 Å². The highest BCUT2D eigenvalue weighted by Crippen LogP contribution is 2.45. The van der Waals surface area contributed by atoms with Gasteiger partial charge >= 0.3 is 0 Å². The highest BCUT2D eigenvalue weighted by atomic mass is 32.1. The van der Waals surface area contributed by atoms with E-state index in [4.69, 9.17) is 0 Å². The first-order valence-electron chi connectivity index (χ1n) is 10.6. The molecule has 6 heteroatoms. The molecule has 3 heterocycles. The molecule has 0 N–H and O–H groups in total. The van der Waals surface area contributed by atoms with Gasteiger partial charge in [0.2, 0.25) is 5.91 Å². The minimum Gasteiger partial charge on any atom is -0.339 e. The van der Waals surface area contributed by atoms with Gasteiger partial charge in [0, 0.05) is 24.5 Å². The first kappa shape index (κ1) is 20.5. The van der Waals surface area contributed by atoms with E-state index >= 15 is 0 Å². The van der Waals surface area contributed by atoms with Crippen molar-refractivity contribution in [3.63, 3.8) is 0 Å². The van der Waals surface area contributed by atoms with Crippen LogP contribution in [0.25, 0.3) is 0 Å². The summed E-state index contributed by atoms with van der Waals surface area (Å²) < 4.78 is 13.7. The average molecular weight is 416 g/mol. The normalized spacial score (nSPS) is 22.1. The molecule has 0 aliphatic carbocycles. The predicted octanol–water partition coefficient (Wildman–Crippen LogP) is 4.36. The number of halogens is 1. The zero-order valence-electron chi connectivity index (χ0n) is 17.3. The molecule has 2 aromatic rings. The standard InChI is InChI=1S/C23H30FN3OS/c1-17(2)13-27-21(11-18-4-3-5-19(24)10-18)12-23(22(27)28)6-8-26(9-7-23)14-20-15-29-16-25-20/h3-5,10,15-17,21H,6-9,11-14H2,1-2H3. The Morgan fingerprint density at radius 3 is 2.76 bits per heavy atom. The van der Waals surface area contributed by atoms with E-state index in [0.29, 0.717) is 11.8 Å². The molecule has 0 radical (unpaired) electrons. The van der Waals surface area contributed by atoms with E-state index in [1.165, 1.54) is 6.07 Å². The molecule has 4 rings (SSSR count). The molecule has 0 saturated carbocycles. The van der Waals surface area contributed by atoms with Gasteiger partial charge in [0.1, 0.15) is 5.82 Å². The van der Waals surface area contributed by atoms with Gasteiger partial charge in [-0.05, 0) is 62.4 Å². The molecule has 0 bridgehead atoms. The van der Waals surface area contributed by atoms with Gasteiger partial charge < -0.3 is 4.90 Å². The Bertz CT molecular complexity index is 830. The Hall–Kier alpha value is -1.79. The maximum absolute atomic E-state index is 13.7. The predicted molar refractivity (Wildman–Crippen MR) is 114 cm³/mol. The van der Waals surface area contributed by atoms with Crippen molar-refractivity contribution in [2.75, 3.05) is 19.6 Å². The van der Waals surface area contributed by atoms with Crippen LogP contribution in [0.4, 0.5) is 4.39 Å². The number of rotatable bonds is 6. The van der Waals surface area contributed by atoms with Crippen molar-refractivity contribution in [2.24, 2.45) is 11.3 Å². The van der Waals surface area contributed by atoms with Gasteiger partial charge in [0.25, 0.3) is 0 Å². The van der Waals surface area contributed by atoms with E-state index in [2.05, 4.69) is 34.0 Å². The Morgan fingerprint density at radius 1 is 1.31 bits per heavy atom. The summed E-state index contributed by atoms with van der Waals surface area (Å²) in [5.41, 5.74) is 3.73. The van der Waals surface area contributed by atoms with Crippen molar-refractivity contribution in [1.29, 1.82) is 0 Å². The highest BCUT2D eigenvalue weighted by Gasteiger charge is 2.52. The van der Waals surface area contributed by atoms with Crippen LogP contribution in [0.5, 0.6) is 0 Å². The number of carbonyl (C=O) groups is 1. The number of aromatic nitrogens is 1. The van der Waals surface area contributed by atoms with Crippen molar-refractivity contribution >= 4 is 17.2 Å². The molecular formula is C23H30FN3OS. The fraction of sp³-hybridized carbons (Fsp3) is 0.565. The van der Waals surface area contributed by atoms with E-state index in [9.17, 15) is 9.18 Å².